The molecule has 4 rings (SSSR count). The van der Waals surface area contributed by atoms with Crippen molar-refractivity contribution in [2.45, 2.75) is 148 Å². The van der Waals surface area contributed by atoms with Gasteiger partial charge in [-0.2, -0.15) is 0 Å². The fraction of sp³-hybridized carbons (Fsp3) is 0.733. The van der Waals surface area contributed by atoms with Crippen LogP contribution >= 0.6 is 0 Å². The number of ether oxygens (including phenoxy) is 3. The van der Waals surface area contributed by atoms with Crippen LogP contribution in [0.3, 0.4) is 0 Å². The fourth-order valence-corrected chi connectivity index (χ4v) is 9.48. The summed E-state index contributed by atoms with van der Waals surface area (Å²) in [6.07, 6.45) is 24.9. The van der Waals surface area contributed by atoms with Gasteiger partial charge in [0.1, 0.15) is 0 Å². The highest BCUT2D eigenvalue weighted by atomic mass is 16.5. The van der Waals surface area contributed by atoms with Crippen molar-refractivity contribution in [3.63, 3.8) is 0 Å². The van der Waals surface area contributed by atoms with Crippen LogP contribution in [0.25, 0.3) is 0 Å². The maximum atomic E-state index is 12.3. The van der Waals surface area contributed by atoms with Crippen LogP contribution in [0.2, 0.25) is 0 Å². The van der Waals surface area contributed by atoms with Gasteiger partial charge in [-0.1, -0.05) is 83.7 Å². The zero-order chi connectivity index (χ0) is 36.6. The number of carbonyl (C=O) groups excluding carboxylic acids is 2. The monoisotopic (exact) mass is 707 g/mol. The summed E-state index contributed by atoms with van der Waals surface area (Å²) in [6.45, 7) is 11.9. The number of carbonyl (C=O) groups is 2. The van der Waals surface area contributed by atoms with Gasteiger partial charge in [-0.05, 0) is 136 Å². The molecule has 286 valence electrons. The molecule has 0 aliphatic heterocycles. The van der Waals surface area contributed by atoms with Crippen molar-refractivity contribution in [3.8, 4) is 0 Å². The van der Waals surface area contributed by atoms with Gasteiger partial charge in [0, 0.05) is 13.0 Å². The molecule has 6 nitrogen and oxygen atoms in total. The zero-order valence-electron chi connectivity index (χ0n) is 32.4. The standard InChI is InChI=1S/C45H70O6/c1-6-8-9-10-34-13-17-38(18-14-34)39-21-23-41(24-22-39)43-26-25-42(27-37(43)7-2)40-19-15-35(16-20-40)11-12-36(30-50-44(47)32(3)28-46)31-51-45(48)33(4)29-49-5/h25-27,34-36,38-41,46H,3-4,6-24,28-31H2,1-2,5H3. The Labute approximate surface area is 310 Å². The summed E-state index contributed by atoms with van der Waals surface area (Å²) in [6, 6.07) is 7.52. The smallest absolute Gasteiger partial charge is 0.335 e. The summed E-state index contributed by atoms with van der Waals surface area (Å²) in [5, 5.41) is 9.23. The third-order valence-corrected chi connectivity index (χ3v) is 12.8. The Morgan fingerprint density at radius 3 is 1.92 bits per heavy atom. The molecular weight excluding hydrogens is 636 g/mol. The highest BCUT2D eigenvalue weighted by Gasteiger charge is 2.32. The van der Waals surface area contributed by atoms with Crippen LogP contribution in [-0.4, -0.2) is 50.6 Å². The van der Waals surface area contributed by atoms with Crippen LogP contribution in [0.15, 0.2) is 42.5 Å². The summed E-state index contributed by atoms with van der Waals surface area (Å²) in [4.78, 5) is 24.5. The summed E-state index contributed by atoms with van der Waals surface area (Å²) in [7, 11) is 1.51. The molecule has 1 N–H and O–H groups in total. The van der Waals surface area contributed by atoms with Crippen LogP contribution in [0.4, 0.5) is 0 Å². The maximum Gasteiger partial charge on any atom is 0.335 e. The molecule has 0 spiro atoms. The lowest BCUT2D eigenvalue weighted by Gasteiger charge is -2.38. The lowest BCUT2D eigenvalue weighted by Crippen LogP contribution is -2.25. The number of methoxy groups -OCH3 is 1. The first-order valence-electron chi connectivity index (χ1n) is 20.7. The first kappa shape index (κ1) is 41.3. The van der Waals surface area contributed by atoms with Gasteiger partial charge in [0.25, 0.3) is 0 Å². The third kappa shape index (κ3) is 12.9. The average Bonchev–Trinajstić information content (AvgIpc) is 3.17. The van der Waals surface area contributed by atoms with Crippen molar-refractivity contribution >= 4 is 11.9 Å². The third-order valence-electron chi connectivity index (χ3n) is 12.8. The molecule has 0 radical (unpaired) electrons. The van der Waals surface area contributed by atoms with Crippen LogP contribution in [0.1, 0.15) is 158 Å². The van der Waals surface area contributed by atoms with Crippen molar-refractivity contribution in [2.75, 3.05) is 33.5 Å². The van der Waals surface area contributed by atoms with E-state index < -0.39 is 18.5 Å². The molecule has 3 aliphatic rings. The summed E-state index contributed by atoms with van der Waals surface area (Å²) in [5.74, 6) is 3.66. The van der Waals surface area contributed by atoms with Crippen molar-refractivity contribution in [1.29, 1.82) is 0 Å². The second-order valence-electron chi connectivity index (χ2n) is 16.4. The lowest BCUT2D eigenvalue weighted by molar-refractivity contribution is -0.145. The number of aliphatic hydroxyl groups is 1. The average molecular weight is 707 g/mol. The van der Waals surface area contributed by atoms with E-state index in [1.54, 1.807) is 11.1 Å². The van der Waals surface area contributed by atoms with Gasteiger partial charge in [0.05, 0.1) is 37.6 Å². The Morgan fingerprint density at radius 1 is 0.765 bits per heavy atom. The quantitative estimate of drug-likeness (QED) is 0.0826. The van der Waals surface area contributed by atoms with Gasteiger partial charge in [0.15, 0.2) is 0 Å². The minimum atomic E-state index is -0.617. The first-order valence-corrected chi connectivity index (χ1v) is 20.7. The molecule has 1 unspecified atom stereocenters. The predicted molar refractivity (Wildman–Crippen MR) is 207 cm³/mol. The predicted octanol–water partition coefficient (Wildman–Crippen LogP) is 10.4. The summed E-state index contributed by atoms with van der Waals surface area (Å²) >= 11 is 0. The number of unbranched alkanes of at least 4 members (excludes halogenated alkanes) is 2. The van der Waals surface area contributed by atoms with Crippen molar-refractivity contribution in [2.24, 2.45) is 29.6 Å². The van der Waals surface area contributed by atoms with E-state index in [2.05, 4.69) is 45.2 Å². The molecule has 51 heavy (non-hydrogen) atoms. The summed E-state index contributed by atoms with van der Waals surface area (Å²) < 4.78 is 15.9. The van der Waals surface area contributed by atoms with E-state index in [-0.39, 0.29) is 36.9 Å². The van der Waals surface area contributed by atoms with Gasteiger partial charge in [0.2, 0.25) is 0 Å². The molecule has 3 saturated carbocycles. The molecule has 0 saturated heterocycles. The summed E-state index contributed by atoms with van der Waals surface area (Å²) in [5.41, 5.74) is 5.01. The molecule has 3 fully saturated rings. The number of aliphatic hydroxyl groups excluding tert-OH is 1. The Kier molecular flexibility index (Phi) is 17.8. The molecule has 1 aromatic carbocycles. The highest BCUT2D eigenvalue weighted by Crippen LogP contribution is 2.46. The fourth-order valence-electron chi connectivity index (χ4n) is 9.48. The van der Waals surface area contributed by atoms with E-state index in [4.69, 9.17) is 14.2 Å². The van der Waals surface area contributed by atoms with E-state index in [1.165, 1.54) is 115 Å². The van der Waals surface area contributed by atoms with Gasteiger partial charge in [-0.3, -0.25) is 0 Å². The highest BCUT2D eigenvalue weighted by molar-refractivity contribution is 5.88. The maximum absolute atomic E-state index is 12.3. The molecule has 0 bridgehead atoms. The SMILES string of the molecule is C=C(CO)C(=O)OCC(CCC1CCC(c2ccc(C3CCC(C4CCC(CCCCC)CC4)CC3)c(CC)c2)CC1)COC(=O)C(=C)COC. The lowest BCUT2D eigenvalue weighted by atomic mass is 9.67. The van der Waals surface area contributed by atoms with E-state index >= 15 is 0 Å². The molecule has 1 atom stereocenters. The van der Waals surface area contributed by atoms with Crippen molar-refractivity contribution in [3.05, 3.63) is 59.2 Å². The van der Waals surface area contributed by atoms with Crippen LogP contribution in [0, 0.1) is 29.6 Å². The number of hydrogen-bond acceptors (Lipinski definition) is 6. The minimum Gasteiger partial charge on any atom is -0.462 e. The molecule has 3 aliphatic carbocycles. The second kappa shape index (κ2) is 21.9. The number of aryl methyl sites for hydroxylation is 1. The largest absolute Gasteiger partial charge is 0.462 e. The van der Waals surface area contributed by atoms with Crippen LogP contribution in [0.5, 0.6) is 0 Å². The van der Waals surface area contributed by atoms with Crippen LogP contribution in [-0.2, 0) is 30.2 Å². The number of rotatable bonds is 20. The van der Waals surface area contributed by atoms with Gasteiger partial charge in [-0.25, -0.2) is 9.59 Å². The number of esters is 2. The topological polar surface area (TPSA) is 82.1 Å². The zero-order valence-corrected chi connectivity index (χ0v) is 32.4. The van der Waals surface area contributed by atoms with E-state index in [9.17, 15) is 14.7 Å². The molecule has 0 amide bonds. The van der Waals surface area contributed by atoms with Gasteiger partial charge < -0.3 is 19.3 Å². The molecule has 6 heteroatoms. The Balaban J connectivity index is 1.23. The van der Waals surface area contributed by atoms with Crippen molar-refractivity contribution < 1.29 is 28.9 Å². The second-order valence-corrected chi connectivity index (χ2v) is 16.4. The van der Waals surface area contributed by atoms with E-state index in [1.807, 2.05) is 0 Å². The number of hydrogen-bond donors (Lipinski definition) is 1. The Morgan fingerprint density at radius 2 is 1.33 bits per heavy atom. The molecule has 1 aromatic rings. The van der Waals surface area contributed by atoms with E-state index in [0.29, 0.717) is 11.8 Å². The Bertz CT molecular complexity index is 1230. The van der Waals surface area contributed by atoms with E-state index in [0.717, 1.165) is 42.9 Å². The number of benzene rings is 1. The van der Waals surface area contributed by atoms with Crippen LogP contribution < -0.4 is 0 Å². The molecule has 0 aromatic heterocycles. The normalized spacial score (nSPS) is 25.9. The first-order chi connectivity index (χ1) is 24.8. The van der Waals surface area contributed by atoms with Gasteiger partial charge >= 0.3 is 11.9 Å². The molecular formula is C45H70O6. The minimum absolute atomic E-state index is 0.0184. The Hall–Kier alpha value is -2.44. The van der Waals surface area contributed by atoms with Gasteiger partial charge in [-0.15, -0.1) is 0 Å². The molecule has 0 heterocycles. The van der Waals surface area contributed by atoms with Crippen molar-refractivity contribution in [1.82, 2.24) is 0 Å².